The van der Waals surface area contributed by atoms with Crippen LogP contribution in [0.25, 0.3) is 21.1 Å². The molecule has 0 saturated carbocycles. The van der Waals surface area contributed by atoms with Gasteiger partial charge in [-0.3, -0.25) is 0 Å². The maximum atomic E-state index is 6.35. The number of nitrogens with two attached hydrogens (primary N) is 1. The zero-order valence-corrected chi connectivity index (χ0v) is 12.3. The van der Waals surface area contributed by atoms with Gasteiger partial charge < -0.3 is 10.2 Å². The Kier molecular flexibility index (Phi) is 3.02. The van der Waals surface area contributed by atoms with Gasteiger partial charge in [0.15, 0.2) is 0 Å². The van der Waals surface area contributed by atoms with Crippen LogP contribution in [0.15, 0.2) is 64.4 Å². The molecular weight excluding hydrogens is 278 g/mol. The van der Waals surface area contributed by atoms with Gasteiger partial charge in [-0.05, 0) is 40.9 Å². The fourth-order valence-electron chi connectivity index (χ4n) is 2.71. The molecule has 0 aliphatic carbocycles. The molecule has 4 rings (SSSR count). The van der Waals surface area contributed by atoms with Gasteiger partial charge in [0, 0.05) is 10.1 Å². The number of benzene rings is 2. The molecule has 0 spiro atoms. The first-order chi connectivity index (χ1) is 10.3. The summed E-state index contributed by atoms with van der Waals surface area (Å²) in [5, 5.41) is 4.61. The minimum Gasteiger partial charge on any atom is -0.459 e. The number of rotatable bonds is 3. The normalized spacial score (nSPS) is 13.0. The van der Waals surface area contributed by atoms with Crippen molar-refractivity contribution in [3.63, 3.8) is 0 Å². The first-order valence-electron chi connectivity index (χ1n) is 7.00. The Morgan fingerprint density at radius 3 is 2.76 bits per heavy atom. The molecule has 1 unspecified atom stereocenters. The predicted octanol–water partition coefficient (Wildman–Crippen LogP) is 4.89. The van der Waals surface area contributed by atoms with E-state index >= 15 is 0 Å². The number of hydrogen-bond acceptors (Lipinski definition) is 3. The minimum atomic E-state index is -0.115. The Morgan fingerprint density at radius 1 is 1.05 bits per heavy atom. The lowest BCUT2D eigenvalue weighted by atomic mass is 10.0. The van der Waals surface area contributed by atoms with Gasteiger partial charge in [0.1, 0.15) is 11.3 Å². The first kappa shape index (κ1) is 12.6. The smallest absolute Gasteiger partial charge is 0.134 e. The fraction of sp³-hybridized carbons (Fsp3) is 0.111. The number of fused-ring (bicyclic) bond motifs is 2. The Bertz CT molecular complexity index is 873. The van der Waals surface area contributed by atoms with E-state index in [-0.39, 0.29) is 6.04 Å². The Balaban J connectivity index is 1.67. The SMILES string of the molecule is NC(Cc1csc2ccccc12)c1cc2ccccc2o1. The van der Waals surface area contributed by atoms with E-state index in [1.807, 2.05) is 18.2 Å². The molecule has 21 heavy (non-hydrogen) atoms. The first-order valence-corrected chi connectivity index (χ1v) is 7.88. The van der Waals surface area contributed by atoms with Crippen molar-refractivity contribution in [2.45, 2.75) is 12.5 Å². The number of thiophene rings is 1. The molecule has 0 fully saturated rings. The highest BCUT2D eigenvalue weighted by Crippen LogP contribution is 2.30. The summed E-state index contributed by atoms with van der Waals surface area (Å²) in [5.74, 6) is 0.853. The lowest BCUT2D eigenvalue weighted by Crippen LogP contribution is -2.12. The van der Waals surface area contributed by atoms with Crippen molar-refractivity contribution in [2.75, 3.05) is 0 Å². The molecule has 0 aliphatic rings. The lowest BCUT2D eigenvalue weighted by Gasteiger charge is -2.07. The van der Waals surface area contributed by atoms with Crippen LogP contribution in [0.1, 0.15) is 17.4 Å². The zero-order chi connectivity index (χ0) is 14.2. The molecule has 104 valence electrons. The van der Waals surface area contributed by atoms with Crippen molar-refractivity contribution in [2.24, 2.45) is 5.73 Å². The van der Waals surface area contributed by atoms with E-state index in [0.717, 1.165) is 23.2 Å². The largest absolute Gasteiger partial charge is 0.459 e. The molecule has 1 atom stereocenters. The predicted molar refractivity (Wildman–Crippen MR) is 88.7 cm³/mol. The second kappa shape index (κ2) is 5.02. The summed E-state index contributed by atoms with van der Waals surface area (Å²) in [6, 6.07) is 18.4. The average Bonchev–Trinajstić information content (AvgIpc) is 3.11. The summed E-state index contributed by atoms with van der Waals surface area (Å²) >= 11 is 1.77. The van der Waals surface area contributed by atoms with E-state index in [4.69, 9.17) is 10.2 Å². The van der Waals surface area contributed by atoms with Crippen LogP contribution in [0, 0.1) is 0 Å². The van der Waals surface area contributed by atoms with Crippen LogP contribution in [-0.2, 0) is 6.42 Å². The molecule has 2 aromatic heterocycles. The monoisotopic (exact) mass is 293 g/mol. The van der Waals surface area contributed by atoms with E-state index in [0.29, 0.717) is 0 Å². The van der Waals surface area contributed by atoms with Gasteiger partial charge in [0.2, 0.25) is 0 Å². The second-order valence-corrected chi connectivity index (χ2v) is 6.17. The average molecular weight is 293 g/mol. The molecular formula is C18H15NOS. The summed E-state index contributed by atoms with van der Waals surface area (Å²) in [4.78, 5) is 0. The minimum absolute atomic E-state index is 0.115. The van der Waals surface area contributed by atoms with Gasteiger partial charge in [-0.2, -0.15) is 0 Å². The van der Waals surface area contributed by atoms with Crippen molar-refractivity contribution in [1.82, 2.24) is 0 Å². The summed E-state index contributed by atoms with van der Waals surface area (Å²) in [7, 11) is 0. The summed E-state index contributed by atoms with van der Waals surface area (Å²) in [6.45, 7) is 0. The van der Waals surface area contributed by atoms with E-state index < -0.39 is 0 Å². The number of para-hydroxylation sites is 1. The van der Waals surface area contributed by atoms with Crippen LogP contribution >= 0.6 is 11.3 Å². The highest BCUT2D eigenvalue weighted by Gasteiger charge is 2.14. The van der Waals surface area contributed by atoms with E-state index in [9.17, 15) is 0 Å². The fourth-order valence-corrected chi connectivity index (χ4v) is 3.69. The van der Waals surface area contributed by atoms with Crippen LogP contribution < -0.4 is 5.73 Å². The maximum Gasteiger partial charge on any atom is 0.134 e. The topological polar surface area (TPSA) is 39.2 Å². The highest BCUT2D eigenvalue weighted by molar-refractivity contribution is 7.17. The van der Waals surface area contributed by atoms with Crippen molar-refractivity contribution >= 4 is 32.4 Å². The summed E-state index contributed by atoms with van der Waals surface area (Å²) in [6.07, 6.45) is 0.795. The molecule has 0 radical (unpaired) electrons. The number of hydrogen-bond donors (Lipinski definition) is 1. The lowest BCUT2D eigenvalue weighted by molar-refractivity contribution is 0.495. The van der Waals surface area contributed by atoms with Gasteiger partial charge in [-0.15, -0.1) is 11.3 Å². The molecule has 3 heteroatoms. The maximum absolute atomic E-state index is 6.35. The van der Waals surface area contributed by atoms with Gasteiger partial charge in [0.05, 0.1) is 6.04 Å². The Morgan fingerprint density at radius 2 is 1.86 bits per heavy atom. The quantitative estimate of drug-likeness (QED) is 0.584. The van der Waals surface area contributed by atoms with Crippen LogP contribution in [0.5, 0.6) is 0 Å². The summed E-state index contributed by atoms with van der Waals surface area (Å²) < 4.78 is 7.18. The molecule has 2 nitrogen and oxygen atoms in total. The third kappa shape index (κ3) is 2.24. The number of furan rings is 1. The van der Waals surface area contributed by atoms with Crippen molar-refractivity contribution in [1.29, 1.82) is 0 Å². The van der Waals surface area contributed by atoms with Crippen LogP contribution in [-0.4, -0.2) is 0 Å². The van der Waals surface area contributed by atoms with Crippen molar-refractivity contribution in [3.05, 3.63) is 71.3 Å². The third-order valence-electron chi connectivity index (χ3n) is 3.81. The molecule has 2 heterocycles. The zero-order valence-electron chi connectivity index (χ0n) is 11.5. The molecule has 0 saturated heterocycles. The second-order valence-electron chi connectivity index (χ2n) is 5.25. The molecule has 2 aromatic carbocycles. The molecule has 4 aromatic rings. The van der Waals surface area contributed by atoms with Crippen LogP contribution in [0.2, 0.25) is 0 Å². The van der Waals surface area contributed by atoms with E-state index in [1.165, 1.54) is 15.6 Å². The van der Waals surface area contributed by atoms with Gasteiger partial charge in [-0.25, -0.2) is 0 Å². The van der Waals surface area contributed by atoms with Gasteiger partial charge >= 0.3 is 0 Å². The summed E-state index contributed by atoms with van der Waals surface area (Å²) in [5.41, 5.74) is 8.55. The standard InChI is InChI=1S/C18H15NOS/c19-15(17-10-12-5-1-3-7-16(12)20-17)9-13-11-21-18-8-4-2-6-14(13)18/h1-8,10-11,15H,9,19H2. The van der Waals surface area contributed by atoms with E-state index in [2.05, 4.69) is 41.8 Å². The van der Waals surface area contributed by atoms with Crippen molar-refractivity contribution < 1.29 is 4.42 Å². The Hall–Kier alpha value is -2.10. The Labute approximate surface area is 126 Å². The molecule has 0 amide bonds. The van der Waals surface area contributed by atoms with Gasteiger partial charge in [-0.1, -0.05) is 36.4 Å². The van der Waals surface area contributed by atoms with Crippen LogP contribution in [0.4, 0.5) is 0 Å². The molecule has 0 aliphatic heterocycles. The molecule has 0 bridgehead atoms. The van der Waals surface area contributed by atoms with Crippen LogP contribution in [0.3, 0.4) is 0 Å². The highest BCUT2D eigenvalue weighted by atomic mass is 32.1. The third-order valence-corrected chi connectivity index (χ3v) is 4.82. The van der Waals surface area contributed by atoms with E-state index in [1.54, 1.807) is 11.3 Å². The molecule has 2 N–H and O–H groups in total. The van der Waals surface area contributed by atoms with Gasteiger partial charge in [0.25, 0.3) is 0 Å². The van der Waals surface area contributed by atoms with Crippen molar-refractivity contribution in [3.8, 4) is 0 Å².